The average Bonchev–Trinajstić information content (AvgIpc) is 2.48. The van der Waals surface area contributed by atoms with Gasteiger partial charge in [0.2, 0.25) is 0 Å². The van der Waals surface area contributed by atoms with Gasteiger partial charge in [0.25, 0.3) is 5.91 Å². The van der Waals surface area contributed by atoms with E-state index < -0.39 is 0 Å². The van der Waals surface area contributed by atoms with Gasteiger partial charge in [0, 0.05) is 23.9 Å². The maximum absolute atomic E-state index is 11.8. The van der Waals surface area contributed by atoms with Gasteiger partial charge in [-0.2, -0.15) is 0 Å². The van der Waals surface area contributed by atoms with E-state index in [0.717, 1.165) is 12.2 Å². The summed E-state index contributed by atoms with van der Waals surface area (Å²) in [5.41, 5.74) is 7.01. The second-order valence-electron chi connectivity index (χ2n) is 4.40. The third kappa shape index (κ3) is 4.31. The van der Waals surface area contributed by atoms with E-state index in [1.54, 1.807) is 18.2 Å². The molecule has 0 heterocycles. The second kappa shape index (κ2) is 7.19. The molecule has 0 spiro atoms. The van der Waals surface area contributed by atoms with Crippen LogP contribution in [-0.2, 0) is 0 Å². The molecule has 1 amide bonds. The first-order chi connectivity index (χ1) is 9.75. The van der Waals surface area contributed by atoms with E-state index in [0.29, 0.717) is 24.4 Å². The zero-order valence-electron chi connectivity index (χ0n) is 11.2. The Kier molecular flexibility index (Phi) is 5.00. The summed E-state index contributed by atoms with van der Waals surface area (Å²) >= 11 is 0. The first-order valence-corrected chi connectivity index (χ1v) is 6.57. The number of carbonyl (C=O) groups excluding carboxylic acids is 1. The van der Waals surface area contributed by atoms with Crippen molar-refractivity contribution in [2.45, 2.75) is 6.42 Å². The maximum atomic E-state index is 11.8. The molecule has 3 N–H and O–H groups in total. The molecule has 4 heteroatoms. The van der Waals surface area contributed by atoms with Crippen molar-refractivity contribution >= 4 is 11.6 Å². The summed E-state index contributed by atoms with van der Waals surface area (Å²) in [7, 11) is 0. The van der Waals surface area contributed by atoms with Crippen molar-refractivity contribution < 1.29 is 9.53 Å². The average molecular weight is 270 g/mol. The number of carbonyl (C=O) groups is 1. The van der Waals surface area contributed by atoms with Crippen LogP contribution in [0.4, 0.5) is 5.69 Å². The van der Waals surface area contributed by atoms with Crippen LogP contribution >= 0.6 is 0 Å². The van der Waals surface area contributed by atoms with Crippen molar-refractivity contribution in [3.63, 3.8) is 0 Å². The van der Waals surface area contributed by atoms with Crippen LogP contribution < -0.4 is 15.8 Å². The highest BCUT2D eigenvalue weighted by atomic mass is 16.5. The summed E-state index contributed by atoms with van der Waals surface area (Å²) < 4.78 is 5.54. The first-order valence-electron chi connectivity index (χ1n) is 6.57. The number of amides is 1. The lowest BCUT2D eigenvalue weighted by Gasteiger charge is -2.08. The van der Waals surface area contributed by atoms with Gasteiger partial charge in [0.1, 0.15) is 5.75 Å². The van der Waals surface area contributed by atoms with Gasteiger partial charge >= 0.3 is 0 Å². The Morgan fingerprint density at radius 2 is 1.90 bits per heavy atom. The minimum Gasteiger partial charge on any atom is -0.493 e. The zero-order valence-corrected chi connectivity index (χ0v) is 11.2. The van der Waals surface area contributed by atoms with E-state index in [9.17, 15) is 4.79 Å². The molecule has 0 saturated carbocycles. The Bertz CT molecular complexity index is 555. The standard InChI is InChI=1S/C16H18N2O2/c17-14-8-4-9-15(12-14)20-11-5-10-18-16(19)13-6-2-1-3-7-13/h1-4,6-9,12H,5,10-11,17H2,(H,18,19). The van der Waals surface area contributed by atoms with Crippen LogP contribution in [0.5, 0.6) is 5.75 Å². The summed E-state index contributed by atoms with van der Waals surface area (Å²) in [4.78, 5) is 11.8. The summed E-state index contributed by atoms with van der Waals surface area (Å²) in [6.07, 6.45) is 0.743. The molecule has 0 aliphatic rings. The lowest BCUT2D eigenvalue weighted by molar-refractivity contribution is 0.0951. The molecule has 104 valence electrons. The molecular weight excluding hydrogens is 252 g/mol. The Balaban J connectivity index is 1.66. The van der Waals surface area contributed by atoms with Crippen LogP contribution in [0.25, 0.3) is 0 Å². The quantitative estimate of drug-likeness (QED) is 0.626. The van der Waals surface area contributed by atoms with E-state index in [1.165, 1.54) is 0 Å². The van der Waals surface area contributed by atoms with Gasteiger partial charge in [-0.25, -0.2) is 0 Å². The fraction of sp³-hybridized carbons (Fsp3) is 0.188. The van der Waals surface area contributed by atoms with Crippen LogP contribution in [0, 0.1) is 0 Å². The van der Waals surface area contributed by atoms with E-state index in [2.05, 4.69) is 5.32 Å². The smallest absolute Gasteiger partial charge is 0.251 e. The molecule has 0 unspecified atom stereocenters. The van der Waals surface area contributed by atoms with Gasteiger partial charge in [-0.05, 0) is 30.7 Å². The topological polar surface area (TPSA) is 64.3 Å². The molecule has 2 rings (SSSR count). The fourth-order valence-electron chi connectivity index (χ4n) is 1.76. The van der Waals surface area contributed by atoms with Crippen molar-refractivity contribution in [3.8, 4) is 5.75 Å². The van der Waals surface area contributed by atoms with Crippen molar-refractivity contribution in [1.82, 2.24) is 5.32 Å². The maximum Gasteiger partial charge on any atom is 0.251 e. The predicted octanol–water partition coefficient (Wildman–Crippen LogP) is 2.47. The molecule has 0 saturated heterocycles. The number of nitrogens with two attached hydrogens (primary N) is 1. The lowest BCUT2D eigenvalue weighted by atomic mass is 10.2. The molecule has 20 heavy (non-hydrogen) atoms. The zero-order chi connectivity index (χ0) is 14.2. The number of hydrogen-bond acceptors (Lipinski definition) is 3. The number of nitrogens with one attached hydrogen (secondary N) is 1. The largest absolute Gasteiger partial charge is 0.493 e. The Labute approximate surface area is 118 Å². The summed E-state index contributed by atoms with van der Waals surface area (Å²) in [6.45, 7) is 1.12. The molecule has 0 aliphatic heterocycles. The van der Waals surface area contributed by atoms with Crippen molar-refractivity contribution in [2.75, 3.05) is 18.9 Å². The molecule has 0 fully saturated rings. The number of hydrogen-bond donors (Lipinski definition) is 2. The van der Waals surface area contributed by atoms with Crippen LogP contribution in [0.3, 0.4) is 0 Å². The van der Waals surface area contributed by atoms with Gasteiger partial charge < -0.3 is 15.8 Å². The molecule has 0 atom stereocenters. The van der Waals surface area contributed by atoms with Crippen molar-refractivity contribution in [1.29, 1.82) is 0 Å². The Morgan fingerprint density at radius 3 is 2.65 bits per heavy atom. The van der Waals surface area contributed by atoms with Crippen molar-refractivity contribution in [2.24, 2.45) is 0 Å². The Morgan fingerprint density at radius 1 is 1.10 bits per heavy atom. The van der Waals surface area contributed by atoms with E-state index in [1.807, 2.05) is 36.4 Å². The summed E-state index contributed by atoms with van der Waals surface area (Å²) in [5, 5.41) is 2.85. The molecule has 0 radical (unpaired) electrons. The van der Waals surface area contributed by atoms with Gasteiger partial charge in [-0.15, -0.1) is 0 Å². The van der Waals surface area contributed by atoms with Gasteiger partial charge in [-0.3, -0.25) is 4.79 Å². The monoisotopic (exact) mass is 270 g/mol. The summed E-state index contributed by atoms with van der Waals surface area (Å²) in [5.74, 6) is 0.689. The van der Waals surface area contributed by atoms with Crippen LogP contribution in [0.2, 0.25) is 0 Å². The molecule has 0 aromatic heterocycles. The van der Waals surface area contributed by atoms with Gasteiger partial charge in [-0.1, -0.05) is 24.3 Å². The van der Waals surface area contributed by atoms with Gasteiger partial charge in [0.15, 0.2) is 0 Å². The number of nitrogen functional groups attached to an aromatic ring is 1. The molecular formula is C16H18N2O2. The van der Waals surface area contributed by atoms with Crippen LogP contribution in [0.15, 0.2) is 54.6 Å². The van der Waals surface area contributed by atoms with Crippen LogP contribution in [0.1, 0.15) is 16.8 Å². The number of rotatable bonds is 6. The fourth-order valence-corrected chi connectivity index (χ4v) is 1.76. The Hall–Kier alpha value is -2.49. The highest BCUT2D eigenvalue weighted by molar-refractivity contribution is 5.94. The minimum atomic E-state index is -0.0606. The van der Waals surface area contributed by atoms with Crippen LogP contribution in [-0.4, -0.2) is 19.1 Å². The number of ether oxygens (including phenoxy) is 1. The molecule has 2 aromatic rings. The number of anilines is 1. The molecule has 0 bridgehead atoms. The third-order valence-electron chi connectivity index (χ3n) is 2.77. The highest BCUT2D eigenvalue weighted by Crippen LogP contribution is 2.14. The normalized spacial score (nSPS) is 10.0. The first kappa shape index (κ1) is 13.9. The third-order valence-corrected chi connectivity index (χ3v) is 2.77. The van der Waals surface area contributed by atoms with E-state index >= 15 is 0 Å². The molecule has 4 nitrogen and oxygen atoms in total. The van der Waals surface area contributed by atoms with E-state index in [-0.39, 0.29) is 5.91 Å². The highest BCUT2D eigenvalue weighted by Gasteiger charge is 2.02. The minimum absolute atomic E-state index is 0.0606. The van der Waals surface area contributed by atoms with Crippen molar-refractivity contribution in [3.05, 3.63) is 60.2 Å². The SMILES string of the molecule is Nc1cccc(OCCCNC(=O)c2ccccc2)c1. The summed E-state index contributed by atoms with van der Waals surface area (Å²) in [6, 6.07) is 16.5. The molecule has 2 aromatic carbocycles. The predicted molar refractivity (Wildman–Crippen MR) is 79.7 cm³/mol. The van der Waals surface area contributed by atoms with Gasteiger partial charge in [0.05, 0.1) is 6.61 Å². The number of benzene rings is 2. The van der Waals surface area contributed by atoms with E-state index in [4.69, 9.17) is 10.5 Å². The second-order valence-corrected chi connectivity index (χ2v) is 4.40. The lowest BCUT2D eigenvalue weighted by Crippen LogP contribution is -2.25. The molecule has 0 aliphatic carbocycles.